The lowest BCUT2D eigenvalue weighted by atomic mass is 9.90. The quantitative estimate of drug-likeness (QED) is 0.453. The monoisotopic (exact) mass is 518 g/mol. The third-order valence-electron chi connectivity index (χ3n) is 7.05. The number of amides is 1. The summed E-state index contributed by atoms with van der Waals surface area (Å²) < 4.78 is 24.8. The predicted octanol–water partition coefficient (Wildman–Crippen LogP) is 6.04. The van der Waals surface area contributed by atoms with Crippen molar-refractivity contribution >= 4 is 12.1 Å². The van der Waals surface area contributed by atoms with E-state index in [0.29, 0.717) is 42.8 Å². The first kappa shape index (κ1) is 25.7. The van der Waals surface area contributed by atoms with Crippen LogP contribution in [0.3, 0.4) is 0 Å². The summed E-state index contributed by atoms with van der Waals surface area (Å²) in [4.78, 5) is 31.4. The van der Waals surface area contributed by atoms with Crippen molar-refractivity contribution in [3.8, 4) is 28.1 Å². The molecule has 2 aliphatic rings. The van der Waals surface area contributed by atoms with Crippen LogP contribution in [0.2, 0.25) is 0 Å². The minimum atomic E-state index is -1.15. The van der Waals surface area contributed by atoms with E-state index in [1.54, 1.807) is 11.0 Å². The third kappa shape index (κ3) is 4.83. The smallest absolute Gasteiger partial charge is 0.410 e. The molecule has 0 spiro atoms. The highest BCUT2D eigenvalue weighted by Gasteiger charge is 2.30. The molecule has 0 saturated heterocycles. The minimum Gasteiger partial charge on any atom is -0.496 e. The van der Waals surface area contributed by atoms with Crippen LogP contribution in [0, 0.1) is 5.82 Å². The van der Waals surface area contributed by atoms with Gasteiger partial charge in [-0.05, 0) is 86.9 Å². The van der Waals surface area contributed by atoms with Crippen molar-refractivity contribution in [2.75, 3.05) is 13.7 Å². The number of nitrogens with zero attached hydrogens (tertiary/aromatic N) is 2. The van der Waals surface area contributed by atoms with E-state index in [2.05, 4.69) is 11.1 Å². The molecule has 1 aliphatic heterocycles. The fourth-order valence-corrected chi connectivity index (χ4v) is 5.40. The lowest BCUT2D eigenvalue weighted by molar-refractivity contribution is 0.0224. The summed E-state index contributed by atoms with van der Waals surface area (Å²) in [5.41, 5.74) is 6.00. The Bertz CT molecular complexity index is 1440. The van der Waals surface area contributed by atoms with Gasteiger partial charge in [-0.3, -0.25) is 0 Å². The van der Waals surface area contributed by atoms with E-state index in [0.717, 1.165) is 40.7 Å². The molecule has 0 radical (unpaired) electrons. The zero-order valence-corrected chi connectivity index (χ0v) is 22.1. The van der Waals surface area contributed by atoms with Crippen molar-refractivity contribution in [2.24, 2.45) is 0 Å². The summed E-state index contributed by atoms with van der Waals surface area (Å²) in [6.45, 7) is 6.55. The maximum Gasteiger partial charge on any atom is 0.410 e. The number of halogens is 1. The summed E-state index contributed by atoms with van der Waals surface area (Å²) in [5, 5.41) is 10.2. The van der Waals surface area contributed by atoms with Crippen LogP contribution in [0.1, 0.15) is 59.9 Å². The molecule has 1 N–H and O–H groups in total. The molecule has 1 aromatic heterocycles. The fourth-order valence-electron chi connectivity index (χ4n) is 5.40. The van der Waals surface area contributed by atoms with Crippen LogP contribution in [0.15, 0.2) is 36.4 Å². The number of methoxy groups -OCH3 is 1. The summed E-state index contributed by atoms with van der Waals surface area (Å²) in [6, 6.07) is 10.1. The topological polar surface area (TPSA) is 89.0 Å². The van der Waals surface area contributed by atoms with Gasteiger partial charge in [0.1, 0.15) is 17.2 Å². The van der Waals surface area contributed by atoms with Gasteiger partial charge in [0.15, 0.2) is 5.69 Å². The first-order chi connectivity index (χ1) is 18.1. The largest absolute Gasteiger partial charge is 0.496 e. The van der Waals surface area contributed by atoms with Crippen molar-refractivity contribution in [3.05, 3.63) is 70.2 Å². The second kappa shape index (κ2) is 9.74. The van der Waals surface area contributed by atoms with Gasteiger partial charge >= 0.3 is 12.1 Å². The molecular weight excluding hydrogens is 487 g/mol. The molecule has 0 atom stereocenters. The van der Waals surface area contributed by atoms with E-state index in [4.69, 9.17) is 9.47 Å². The average Bonchev–Trinajstić information content (AvgIpc) is 3.36. The lowest BCUT2D eigenvalue weighted by Gasteiger charge is -2.31. The highest BCUT2D eigenvalue weighted by Crippen LogP contribution is 2.43. The molecule has 8 heteroatoms. The summed E-state index contributed by atoms with van der Waals surface area (Å²) in [5.74, 6) is -1.32. The van der Waals surface area contributed by atoms with Crippen LogP contribution in [0.4, 0.5) is 9.18 Å². The number of pyridine rings is 1. The number of fused-ring (bicyclic) bond motifs is 2. The molecule has 198 valence electrons. The number of carboxylic acid groups (broad SMARTS) is 1. The Kier molecular flexibility index (Phi) is 6.59. The van der Waals surface area contributed by atoms with E-state index in [1.807, 2.05) is 32.9 Å². The number of carboxylic acids is 1. The standard InChI is InChI=1S/C30H31FN2O5/c1-30(2,3)38-29(36)33-13-12-17-14-18(8-9-19(17)16-33)26-22-7-5-6-21(22)25(27(32-26)28(34)35)23-11-10-20(31)15-24(23)37-4/h8-11,14-15H,5-7,12-13,16H2,1-4H3,(H,34,35). The van der Waals surface area contributed by atoms with Crippen LogP contribution in [-0.4, -0.2) is 46.3 Å². The maximum atomic E-state index is 13.9. The van der Waals surface area contributed by atoms with E-state index < -0.39 is 17.4 Å². The van der Waals surface area contributed by atoms with Crippen LogP contribution in [0.25, 0.3) is 22.4 Å². The zero-order valence-electron chi connectivity index (χ0n) is 22.1. The van der Waals surface area contributed by atoms with Crippen LogP contribution < -0.4 is 4.74 Å². The number of hydrogen-bond donors (Lipinski definition) is 1. The normalized spacial score (nSPS) is 14.6. The molecular formula is C30H31FN2O5. The van der Waals surface area contributed by atoms with Crippen LogP contribution in [-0.2, 0) is 30.5 Å². The maximum absolute atomic E-state index is 13.9. The fraction of sp³-hybridized carbons (Fsp3) is 0.367. The first-order valence-electron chi connectivity index (χ1n) is 12.8. The van der Waals surface area contributed by atoms with Gasteiger partial charge in [-0.1, -0.05) is 12.1 Å². The molecule has 0 unspecified atom stereocenters. The number of carbonyl (C=O) groups excluding carboxylic acids is 1. The molecule has 3 aromatic rings. The SMILES string of the molecule is COc1cc(F)ccc1-c1c(C(=O)O)nc(-c2ccc3c(c2)CCN(C(=O)OC(C)(C)C)C3)c2c1CCC2. The second-order valence-corrected chi connectivity index (χ2v) is 10.8. The molecule has 0 fully saturated rings. The van der Waals surface area contributed by atoms with Gasteiger partial charge in [0, 0.05) is 35.8 Å². The predicted molar refractivity (Wildman–Crippen MR) is 141 cm³/mol. The van der Waals surface area contributed by atoms with Gasteiger partial charge in [-0.2, -0.15) is 0 Å². The molecule has 7 nitrogen and oxygen atoms in total. The Balaban J connectivity index is 1.56. The molecule has 0 bridgehead atoms. The highest BCUT2D eigenvalue weighted by atomic mass is 19.1. The zero-order chi connectivity index (χ0) is 27.2. The Morgan fingerprint density at radius 1 is 1.03 bits per heavy atom. The van der Waals surface area contributed by atoms with E-state index >= 15 is 0 Å². The van der Waals surface area contributed by atoms with Gasteiger partial charge in [-0.15, -0.1) is 0 Å². The average molecular weight is 519 g/mol. The van der Waals surface area contributed by atoms with Gasteiger partial charge in [0.2, 0.25) is 0 Å². The van der Waals surface area contributed by atoms with Gasteiger partial charge in [-0.25, -0.2) is 19.0 Å². The Labute approximate surface area is 221 Å². The van der Waals surface area contributed by atoms with E-state index in [-0.39, 0.29) is 17.5 Å². The highest BCUT2D eigenvalue weighted by molar-refractivity contribution is 5.98. The van der Waals surface area contributed by atoms with E-state index in [1.165, 1.54) is 19.2 Å². The van der Waals surface area contributed by atoms with Crippen molar-refractivity contribution < 1.29 is 28.6 Å². The summed E-state index contributed by atoms with van der Waals surface area (Å²) in [6.07, 6.45) is 2.69. The van der Waals surface area contributed by atoms with Crippen LogP contribution >= 0.6 is 0 Å². The molecule has 5 rings (SSSR count). The third-order valence-corrected chi connectivity index (χ3v) is 7.05. The Morgan fingerprint density at radius 2 is 1.79 bits per heavy atom. The Hall–Kier alpha value is -3.94. The number of carbonyl (C=O) groups is 2. The molecule has 0 saturated carbocycles. The summed E-state index contributed by atoms with van der Waals surface area (Å²) >= 11 is 0. The van der Waals surface area contributed by atoms with Gasteiger partial charge in [0.25, 0.3) is 0 Å². The number of rotatable bonds is 4. The number of hydrogen-bond acceptors (Lipinski definition) is 5. The van der Waals surface area contributed by atoms with Crippen LogP contribution in [0.5, 0.6) is 5.75 Å². The van der Waals surface area contributed by atoms with Crippen molar-refractivity contribution in [1.29, 1.82) is 0 Å². The van der Waals surface area contributed by atoms with Gasteiger partial charge < -0.3 is 19.5 Å². The Morgan fingerprint density at radius 3 is 2.50 bits per heavy atom. The number of ether oxygens (including phenoxy) is 2. The number of aromatic nitrogens is 1. The molecule has 2 heterocycles. The molecule has 38 heavy (non-hydrogen) atoms. The lowest BCUT2D eigenvalue weighted by Crippen LogP contribution is -2.39. The first-order valence-corrected chi connectivity index (χ1v) is 12.8. The molecule has 1 amide bonds. The molecule has 2 aromatic carbocycles. The number of benzene rings is 2. The van der Waals surface area contributed by atoms with E-state index in [9.17, 15) is 19.1 Å². The minimum absolute atomic E-state index is 0.0700. The van der Waals surface area contributed by atoms with Gasteiger partial charge in [0.05, 0.1) is 12.8 Å². The van der Waals surface area contributed by atoms with Crippen molar-refractivity contribution in [2.45, 2.75) is 58.6 Å². The van der Waals surface area contributed by atoms with Crippen molar-refractivity contribution in [1.82, 2.24) is 9.88 Å². The second-order valence-electron chi connectivity index (χ2n) is 10.8. The number of aromatic carboxylic acids is 1. The summed E-state index contributed by atoms with van der Waals surface area (Å²) in [7, 11) is 1.44. The van der Waals surface area contributed by atoms with Crippen molar-refractivity contribution in [3.63, 3.8) is 0 Å². The molecule has 1 aliphatic carbocycles.